The summed E-state index contributed by atoms with van der Waals surface area (Å²) >= 11 is 1.87. The highest BCUT2D eigenvalue weighted by molar-refractivity contribution is 7.16. The van der Waals surface area contributed by atoms with Crippen LogP contribution >= 0.6 is 11.3 Å². The molecular formula is C21H31N3O3S. The van der Waals surface area contributed by atoms with Gasteiger partial charge in [0.2, 0.25) is 5.90 Å². The van der Waals surface area contributed by atoms with Gasteiger partial charge in [0.25, 0.3) is 0 Å². The lowest BCUT2D eigenvalue weighted by molar-refractivity contribution is 0.0132. The Balaban J connectivity index is 1.35. The summed E-state index contributed by atoms with van der Waals surface area (Å²) < 4.78 is 11.9. The van der Waals surface area contributed by atoms with E-state index in [4.69, 9.17) is 9.47 Å². The average molecular weight is 406 g/mol. The van der Waals surface area contributed by atoms with Gasteiger partial charge in [-0.3, -0.25) is 0 Å². The molecule has 7 heteroatoms. The Labute approximate surface area is 171 Å². The Hall–Kier alpha value is -1.76. The molecule has 1 amide bonds. The molecule has 0 saturated heterocycles. The van der Waals surface area contributed by atoms with Crippen LogP contribution in [0.4, 0.5) is 9.80 Å². The molecule has 1 N–H and O–H groups in total. The molecule has 1 aromatic rings. The van der Waals surface area contributed by atoms with E-state index < -0.39 is 5.60 Å². The van der Waals surface area contributed by atoms with Crippen molar-refractivity contribution in [2.24, 2.45) is 4.99 Å². The number of fused-ring (bicyclic) bond motifs is 3. The quantitative estimate of drug-likeness (QED) is 0.783. The fourth-order valence-corrected chi connectivity index (χ4v) is 5.57. The Kier molecular flexibility index (Phi) is 5.29. The zero-order chi connectivity index (χ0) is 19.9. The Bertz CT molecular complexity index is 773. The van der Waals surface area contributed by atoms with Crippen molar-refractivity contribution in [3.05, 3.63) is 16.0 Å². The monoisotopic (exact) mass is 405 g/mol. The Morgan fingerprint density at radius 2 is 1.96 bits per heavy atom. The van der Waals surface area contributed by atoms with Crippen molar-refractivity contribution >= 4 is 28.3 Å². The molecule has 3 aliphatic rings. The molecule has 1 aliphatic heterocycles. The highest BCUT2D eigenvalue weighted by atomic mass is 32.1. The number of thiophene rings is 1. The van der Waals surface area contributed by atoms with Gasteiger partial charge in [-0.1, -0.05) is 0 Å². The summed E-state index contributed by atoms with van der Waals surface area (Å²) in [6.45, 7) is 6.30. The minimum absolute atomic E-state index is 0.171. The lowest BCUT2D eigenvalue weighted by atomic mass is 9.92. The van der Waals surface area contributed by atoms with E-state index in [1.807, 2.05) is 39.2 Å². The highest BCUT2D eigenvalue weighted by Crippen LogP contribution is 2.41. The molecule has 0 unspecified atom stereocenters. The molecule has 1 saturated carbocycles. The zero-order valence-corrected chi connectivity index (χ0v) is 18.2. The predicted octanol–water partition coefficient (Wildman–Crippen LogP) is 4.56. The summed E-state index contributed by atoms with van der Waals surface area (Å²) in [7, 11) is 1.84. The van der Waals surface area contributed by atoms with Crippen molar-refractivity contribution in [2.45, 2.75) is 83.5 Å². The van der Waals surface area contributed by atoms with Crippen LogP contribution in [0.3, 0.4) is 0 Å². The summed E-state index contributed by atoms with van der Waals surface area (Å²) in [6, 6.07) is 0.214. The third-order valence-corrected chi connectivity index (χ3v) is 7.00. The van der Waals surface area contributed by atoms with Crippen molar-refractivity contribution in [3.8, 4) is 0 Å². The number of hydrogen-bond acceptors (Lipinski definition) is 6. The first kappa shape index (κ1) is 19.6. The smallest absolute Gasteiger partial charge is 0.410 e. The first-order chi connectivity index (χ1) is 13.3. The number of rotatable bonds is 2. The van der Waals surface area contributed by atoms with Gasteiger partial charge >= 0.3 is 6.09 Å². The molecule has 2 aliphatic carbocycles. The van der Waals surface area contributed by atoms with Crippen LogP contribution in [-0.2, 0) is 22.3 Å². The SMILES string of the molecule is CN(C(=O)OC(C)(C)C)C1CCC(OC2=NCNc3sc4c(c32)CCC4)CC1. The third-order valence-electron chi connectivity index (χ3n) is 5.75. The summed E-state index contributed by atoms with van der Waals surface area (Å²) in [4.78, 5) is 20.2. The zero-order valence-electron chi connectivity index (χ0n) is 17.3. The molecular weight excluding hydrogens is 374 g/mol. The lowest BCUT2D eigenvalue weighted by Crippen LogP contribution is -2.43. The molecule has 0 spiro atoms. The first-order valence-corrected chi connectivity index (χ1v) is 11.2. The molecule has 0 bridgehead atoms. The largest absolute Gasteiger partial charge is 0.474 e. The molecule has 0 atom stereocenters. The van der Waals surface area contributed by atoms with E-state index in [-0.39, 0.29) is 18.2 Å². The number of carbonyl (C=O) groups is 1. The normalized spacial score (nSPS) is 23.9. The van der Waals surface area contributed by atoms with E-state index in [0.29, 0.717) is 6.67 Å². The van der Waals surface area contributed by atoms with Crippen molar-refractivity contribution in [1.29, 1.82) is 0 Å². The molecule has 0 aromatic carbocycles. The number of amides is 1. The van der Waals surface area contributed by atoms with Crippen LogP contribution in [0, 0.1) is 0 Å². The van der Waals surface area contributed by atoms with Gasteiger partial charge in [-0.15, -0.1) is 11.3 Å². The summed E-state index contributed by atoms with van der Waals surface area (Å²) in [5.74, 6) is 0.831. The third kappa shape index (κ3) is 4.00. The van der Waals surface area contributed by atoms with Gasteiger partial charge in [-0.25, -0.2) is 9.79 Å². The van der Waals surface area contributed by atoms with Crippen molar-refractivity contribution in [1.82, 2.24) is 4.90 Å². The second-order valence-electron chi connectivity index (χ2n) is 9.00. The Morgan fingerprint density at radius 3 is 2.68 bits per heavy atom. The minimum atomic E-state index is -0.461. The standard InChI is InChI=1S/C21H31N3O3S/c1-21(2,3)27-20(25)24(4)13-8-10-14(11-9-13)26-18-17-15-6-5-7-16(15)28-19(17)23-12-22-18/h13-14,23H,5-12H2,1-4H3. The van der Waals surface area contributed by atoms with Crippen molar-refractivity contribution < 1.29 is 14.3 Å². The number of hydrogen-bond donors (Lipinski definition) is 1. The molecule has 2 heterocycles. The predicted molar refractivity (Wildman–Crippen MR) is 112 cm³/mol. The number of nitrogens with zero attached hydrogens (tertiary/aromatic N) is 2. The number of ether oxygens (including phenoxy) is 2. The van der Waals surface area contributed by atoms with Crippen LogP contribution in [0.5, 0.6) is 0 Å². The molecule has 4 rings (SSSR count). The Morgan fingerprint density at radius 1 is 1.21 bits per heavy atom. The number of aliphatic imine (C=N–C) groups is 1. The maximum Gasteiger partial charge on any atom is 0.410 e. The number of anilines is 1. The number of carbonyl (C=O) groups excluding carboxylic acids is 1. The second-order valence-corrected chi connectivity index (χ2v) is 10.1. The van der Waals surface area contributed by atoms with Gasteiger partial charge < -0.3 is 19.7 Å². The van der Waals surface area contributed by atoms with E-state index in [2.05, 4.69) is 10.3 Å². The maximum atomic E-state index is 12.3. The van der Waals surface area contributed by atoms with Crippen LogP contribution in [-0.4, -0.2) is 48.4 Å². The number of nitrogens with one attached hydrogen (secondary N) is 1. The van der Waals surface area contributed by atoms with E-state index in [9.17, 15) is 4.79 Å². The highest BCUT2D eigenvalue weighted by Gasteiger charge is 2.33. The van der Waals surface area contributed by atoms with E-state index >= 15 is 0 Å². The van der Waals surface area contributed by atoms with Gasteiger partial charge in [-0.05, 0) is 71.3 Å². The van der Waals surface area contributed by atoms with E-state index in [1.165, 1.54) is 33.8 Å². The van der Waals surface area contributed by atoms with Gasteiger partial charge in [0.15, 0.2) is 0 Å². The van der Waals surface area contributed by atoms with E-state index in [1.54, 1.807) is 4.90 Å². The van der Waals surface area contributed by atoms with Crippen LogP contribution in [0.1, 0.15) is 68.9 Å². The first-order valence-electron chi connectivity index (χ1n) is 10.4. The summed E-state index contributed by atoms with van der Waals surface area (Å²) in [6.07, 6.45) is 7.23. The number of aryl methyl sites for hydroxylation is 1. The fraction of sp³-hybridized carbons (Fsp3) is 0.714. The van der Waals surface area contributed by atoms with Crippen LogP contribution in [0.25, 0.3) is 0 Å². The molecule has 154 valence electrons. The summed E-state index contributed by atoms with van der Waals surface area (Å²) in [5, 5.41) is 4.63. The van der Waals surface area contributed by atoms with Gasteiger partial charge in [0.05, 0.1) is 5.56 Å². The van der Waals surface area contributed by atoms with Crippen LogP contribution in [0.15, 0.2) is 4.99 Å². The van der Waals surface area contributed by atoms with Gasteiger partial charge in [0.1, 0.15) is 23.4 Å². The van der Waals surface area contributed by atoms with Crippen LogP contribution < -0.4 is 5.32 Å². The molecule has 6 nitrogen and oxygen atoms in total. The van der Waals surface area contributed by atoms with Gasteiger partial charge in [-0.2, -0.15) is 0 Å². The average Bonchev–Trinajstić information content (AvgIpc) is 3.21. The van der Waals surface area contributed by atoms with Crippen LogP contribution in [0.2, 0.25) is 0 Å². The molecule has 28 heavy (non-hydrogen) atoms. The van der Waals surface area contributed by atoms with Gasteiger partial charge in [0, 0.05) is 18.0 Å². The van der Waals surface area contributed by atoms with Crippen molar-refractivity contribution in [2.75, 3.05) is 19.0 Å². The minimum Gasteiger partial charge on any atom is -0.474 e. The van der Waals surface area contributed by atoms with Crippen molar-refractivity contribution in [3.63, 3.8) is 0 Å². The van der Waals surface area contributed by atoms with E-state index in [0.717, 1.165) is 38.0 Å². The lowest BCUT2D eigenvalue weighted by Gasteiger charge is -2.35. The molecule has 1 fully saturated rings. The fourth-order valence-electron chi connectivity index (χ4n) is 4.30. The molecule has 1 aromatic heterocycles. The second kappa shape index (κ2) is 7.58. The maximum absolute atomic E-state index is 12.3. The summed E-state index contributed by atoms with van der Waals surface area (Å²) in [5.41, 5.74) is 2.21. The topological polar surface area (TPSA) is 63.2 Å². The molecule has 0 radical (unpaired) electrons.